The maximum Gasteiger partial charge on any atom is 0.230 e. The van der Waals surface area contributed by atoms with Crippen molar-refractivity contribution in [1.82, 2.24) is 0 Å². The molecule has 1 saturated carbocycles. The number of hydrogen-bond donors (Lipinski definition) is 0. The topological polar surface area (TPSA) is 4.36 Å². The van der Waals surface area contributed by atoms with Crippen LogP contribution in [0.4, 0.5) is 0 Å². The second kappa shape index (κ2) is 2.76. The molecule has 0 aromatic carbocycles. The van der Waals surface area contributed by atoms with Crippen LogP contribution in [-0.2, 0) is 0 Å². The molecule has 1 fully saturated rings. The molecule has 1 rings (SSSR count). The fourth-order valence-electron chi connectivity index (χ4n) is 1.98. The third kappa shape index (κ3) is 1.63. The second-order valence-corrected chi connectivity index (χ2v) is 5.20. The van der Waals surface area contributed by atoms with Crippen LogP contribution < -0.4 is 0 Å². The monoisotopic (exact) mass is 165 g/mol. The van der Waals surface area contributed by atoms with Crippen LogP contribution in [0.5, 0.6) is 0 Å². The molecule has 12 heavy (non-hydrogen) atoms. The molecule has 0 radical (unpaired) electrons. The standard InChI is InChI=1S/C11H19N/c1-9-8-11(4,12-5)7-6-10(9,2)3/h9H,6-8H2,1-4H3. The van der Waals surface area contributed by atoms with Crippen molar-refractivity contribution in [2.45, 2.75) is 52.5 Å². The molecule has 0 spiro atoms. The minimum absolute atomic E-state index is 0.0606. The third-order valence-electron chi connectivity index (χ3n) is 3.66. The molecule has 0 N–H and O–H groups in total. The zero-order chi connectivity index (χ0) is 9.41. The summed E-state index contributed by atoms with van der Waals surface area (Å²) in [5.74, 6) is 0.686. The Kier molecular flexibility index (Phi) is 2.21. The number of hydrogen-bond acceptors (Lipinski definition) is 0. The van der Waals surface area contributed by atoms with Crippen molar-refractivity contribution >= 4 is 0 Å². The van der Waals surface area contributed by atoms with E-state index in [9.17, 15) is 0 Å². The van der Waals surface area contributed by atoms with Gasteiger partial charge in [0.1, 0.15) is 0 Å². The van der Waals surface area contributed by atoms with Crippen LogP contribution in [0, 0.1) is 17.9 Å². The molecule has 68 valence electrons. The molecule has 1 heteroatoms. The first-order valence-electron chi connectivity index (χ1n) is 4.78. The van der Waals surface area contributed by atoms with E-state index < -0.39 is 0 Å². The molecule has 0 saturated heterocycles. The molecule has 2 atom stereocenters. The molecule has 0 aromatic heterocycles. The summed E-state index contributed by atoms with van der Waals surface area (Å²) in [7, 11) is 0. The molecule has 2 unspecified atom stereocenters. The van der Waals surface area contributed by atoms with Gasteiger partial charge in [0.2, 0.25) is 5.54 Å². The lowest BCUT2D eigenvalue weighted by Gasteiger charge is -2.40. The first-order valence-corrected chi connectivity index (χ1v) is 4.78. The number of nitrogens with zero attached hydrogens (tertiary/aromatic N) is 1. The highest BCUT2D eigenvalue weighted by Gasteiger charge is 2.43. The summed E-state index contributed by atoms with van der Waals surface area (Å²) in [5.41, 5.74) is 0.388. The molecule has 1 aliphatic carbocycles. The fourth-order valence-corrected chi connectivity index (χ4v) is 1.98. The number of rotatable bonds is 0. The van der Waals surface area contributed by atoms with Gasteiger partial charge < -0.3 is 4.85 Å². The Balaban J connectivity index is 2.72. The minimum Gasteiger partial charge on any atom is -0.311 e. The van der Waals surface area contributed by atoms with Crippen LogP contribution in [0.2, 0.25) is 0 Å². The summed E-state index contributed by atoms with van der Waals surface area (Å²) in [6.45, 7) is 16.2. The Morgan fingerprint density at radius 1 is 1.25 bits per heavy atom. The van der Waals surface area contributed by atoms with Crippen LogP contribution >= 0.6 is 0 Å². The Bertz CT molecular complexity index is 212. The van der Waals surface area contributed by atoms with E-state index in [4.69, 9.17) is 6.57 Å². The van der Waals surface area contributed by atoms with Gasteiger partial charge >= 0.3 is 0 Å². The normalized spacial score (nSPS) is 40.4. The van der Waals surface area contributed by atoms with Crippen molar-refractivity contribution in [1.29, 1.82) is 0 Å². The summed E-state index contributed by atoms with van der Waals surface area (Å²) in [6, 6.07) is 0. The molecule has 0 amide bonds. The molecule has 0 aliphatic heterocycles. The highest BCUT2D eigenvalue weighted by molar-refractivity contribution is 5.02. The first kappa shape index (κ1) is 9.58. The predicted molar refractivity (Wildman–Crippen MR) is 51.8 cm³/mol. The summed E-state index contributed by atoms with van der Waals surface area (Å²) in [4.78, 5) is 3.75. The van der Waals surface area contributed by atoms with E-state index in [0.717, 1.165) is 12.8 Å². The average Bonchev–Trinajstić information content (AvgIpc) is 1.99. The van der Waals surface area contributed by atoms with Crippen LogP contribution in [0.25, 0.3) is 4.85 Å². The lowest BCUT2D eigenvalue weighted by molar-refractivity contribution is 0.117. The van der Waals surface area contributed by atoms with Gasteiger partial charge in [-0.1, -0.05) is 20.8 Å². The van der Waals surface area contributed by atoms with Gasteiger partial charge in [-0.2, -0.15) is 0 Å². The van der Waals surface area contributed by atoms with Crippen LogP contribution in [0.15, 0.2) is 0 Å². The summed E-state index contributed by atoms with van der Waals surface area (Å²) in [5, 5.41) is 0. The smallest absolute Gasteiger partial charge is 0.230 e. The van der Waals surface area contributed by atoms with Gasteiger partial charge in [-0.25, -0.2) is 6.57 Å². The van der Waals surface area contributed by atoms with E-state index in [1.165, 1.54) is 6.42 Å². The van der Waals surface area contributed by atoms with E-state index in [-0.39, 0.29) is 5.54 Å². The van der Waals surface area contributed by atoms with E-state index in [0.29, 0.717) is 11.3 Å². The van der Waals surface area contributed by atoms with Crippen molar-refractivity contribution in [3.05, 3.63) is 11.4 Å². The molecule has 1 nitrogen and oxygen atoms in total. The Hall–Kier alpha value is -0.510. The molecule has 0 heterocycles. The maximum absolute atomic E-state index is 7.14. The summed E-state index contributed by atoms with van der Waals surface area (Å²) >= 11 is 0. The Labute approximate surface area is 76.0 Å². The van der Waals surface area contributed by atoms with Gasteiger partial charge in [-0.05, 0) is 17.8 Å². The molecular weight excluding hydrogens is 146 g/mol. The van der Waals surface area contributed by atoms with E-state index in [1.807, 2.05) is 0 Å². The van der Waals surface area contributed by atoms with Crippen LogP contribution in [0.3, 0.4) is 0 Å². The molecule has 1 aliphatic rings. The fraction of sp³-hybridized carbons (Fsp3) is 0.909. The lowest BCUT2D eigenvalue weighted by atomic mass is 9.64. The quantitative estimate of drug-likeness (QED) is 0.484. The van der Waals surface area contributed by atoms with Crippen molar-refractivity contribution in [3.63, 3.8) is 0 Å². The van der Waals surface area contributed by atoms with Gasteiger partial charge in [-0.3, -0.25) is 0 Å². The second-order valence-electron chi connectivity index (χ2n) is 5.20. The molecular formula is C11H19N. The highest BCUT2D eigenvalue weighted by atomic mass is 14.8. The lowest BCUT2D eigenvalue weighted by Crippen LogP contribution is -2.37. The van der Waals surface area contributed by atoms with Gasteiger partial charge in [0.05, 0.1) is 0 Å². The van der Waals surface area contributed by atoms with Gasteiger partial charge in [0.25, 0.3) is 0 Å². The SMILES string of the molecule is [C-]#[N+]C1(C)CCC(C)(C)C(C)C1. The van der Waals surface area contributed by atoms with Crippen molar-refractivity contribution in [2.75, 3.05) is 0 Å². The van der Waals surface area contributed by atoms with Crippen LogP contribution in [-0.4, -0.2) is 5.54 Å². The largest absolute Gasteiger partial charge is 0.311 e. The predicted octanol–water partition coefficient (Wildman–Crippen LogP) is 3.51. The maximum atomic E-state index is 7.14. The van der Waals surface area contributed by atoms with Gasteiger partial charge in [0, 0.05) is 19.8 Å². The minimum atomic E-state index is -0.0606. The van der Waals surface area contributed by atoms with E-state index in [1.54, 1.807) is 0 Å². The molecule has 0 aromatic rings. The Morgan fingerprint density at radius 3 is 2.25 bits per heavy atom. The molecule has 0 bridgehead atoms. The zero-order valence-electron chi connectivity index (χ0n) is 8.65. The van der Waals surface area contributed by atoms with Crippen molar-refractivity contribution in [3.8, 4) is 0 Å². The highest BCUT2D eigenvalue weighted by Crippen LogP contribution is 2.45. The van der Waals surface area contributed by atoms with E-state index in [2.05, 4.69) is 32.5 Å². The summed E-state index contributed by atoms with van der Waals surface area (Å²) < 4.78 is 0. The van der Waals surface area contributed by atoms with Gasteiger partial charge in [-0.15, -0.1) is 0 Å². The van der Waals surface area contributed by atoms with E-state index >= 15 is 0 Å². The van der Waals surface area contributed by atoms with Gasteiger partial charge in [0.15, 0.2) is 0 Å². The van der Waals surface area contributed by atoms with Crippen molar-refractivity contribution < 1.29 is 0 Å². The first-order chi connectivity index (χ1) is 5.40. The third-order valence-corrected chi connectivity index (χ3v) is 3.66. The zero-order valence-corrected chi connectivity index (χ0v) is 8.65. The Morgan fingerprint density at radius 2 is 1.83 bits per heavy atom. The van der Waals surface area contributed by atoms with Crippen LogP contribution in [0.1, 0.15) is 47.0 Å². The van der Waals surface area contributed by atoms with Crippen molar-refractivity contribution in [2.24, 2.45) is 11.3 Å². The summed E-state index contributed by atoms with van der Waals surface area (Å²) in [6.07, 6.45) is 3.35. The average molecular weight is 165 g/mol.